The van der Waals surface area contributed by atoms with Gasteiger partial charge in [0.25, 0.3) is 0 Å². The quantitative estimate of drug-likeness (QED) is 0.921. The highest BCUT2D eigenvalue weighted by atomic mass is 19.1. The van der Waals surface area contributed by atoms with Crippen molar-refractivity contribution in [2.45, 2.75) is 26.3 Å². The first-order valence-electron chi connectivity index (χ1n) is 8.45. The topological polar surface area (TPSA) is 32.3 Å². The van der Waals surface area contributed by atoms with Crippen molar-refractivity contribution in [3.8, 4) is 0 Å². The molecule has 1 aliphatic rings. The fourth-order valence-corrected chi connectivity index (χ4v) is 3.22. The Balaban J connectivity index is 1.59. The van der Waals surface area contributed by atoms with E-state index in [1.807, 2.05) is 6.07 Å². The number of carbonyl (C=O) groups is 1. The third-order valence-electron chi connectivity index (χ3n) is 4.64. The molecule has 3 rings (SSSR count). The van der Waals surface area contributed by atoms with Crippen LogP contribution in [0.1, 0.15) is 24.0 Å². The summed E-state index contributed by atoms with van der Waals surface area (Å²) in [7, 11) is 0. The first-order valence-corrected chi connectivity index (χ1v) is 8.45. The largest absolute Gasteiger partial charge is 0.326 e. The van der Waals surface area contributed by atoms with E-state index in [1.54, 1.807) is 12.1 Å². The van der Waals surface area contributed by atoms with Gasteiger partial charge < -0.3 is 5.32 Å². The third-order valence-corrected chi connectivity index (χ3v) is 4.64. The average molecular weight is 326 g/mol. The monoisotopic (exact) mass is 326 g/mol. The van der Waals surface area contributed by atoms with Crippen molar-refractivity contribution in [2.75, 3.05) is 18.4 Å². The minimum Gasteiger partial charge on any atom is -0.326 e. The molecule has 126 valence electrons. The summed E-state index contributed by atoms with van der Waals surface area (Å²) in [5, 5.41) is 2.90. The average Bonchev–Trinajstić information content (AvgIpc) is 2.59. The van der Waals surface area contributed by atoms with Gasteiger partial charge in [0.15, 0.2) is 0 Å². The maximum absolute atomic E-state index is 13.0. The first-order chi connectivity index (χ1) is 11.6. The lowest BCUT2D eigenvalue weighted by molar-refractivity contribution is -0.121. The molecule has 1 heterocycles. The Kier molecular flexibility index (Phi) is 5.26. The number of nitrogens with one attached hydrogen (secondary N) is 1. The Morgan fingerprint density at radius 3 is 2.71 bits per heavy atom. The number of hydrogen-bond donors (Lipinski definition) is 1. The van der Waals surface area contributed by atoms with Gasteiger partial charge in [0, 0.05) is 18.8 Å². The number of hydrogen-bond acceptors (Lipinski definition) is 2. The van der Waals surface area contributed by atoms with Gasteiger partial charge in [-0.1, -0.05) is 24.3 Å². The van der Waals surface area contributed by atoms with Crippen molar-refractivity contribution < 1.29 is 9.18 Å². The molecule has 0 aromatic heterocycles. The second kappa shape index (κ2) is 7.58. The molecule has 4 heteroatoms. The van der Waals surface area contributed by atoms with E-state index in [1.165, 1.54) is 23.3 Å². The third kappa shape index (κ3) is 4.20. The molecule has 0 bridgehead atoms. The van der Waals surface area contributed by atoms with E-state index in [2.05, 4.69) is 35.3 Å². The summed E-state index contributed by atoms with van der Waals surface area (Å²) < 4.78 is 13.0. The number of anilines is 1. The van der Waals surface area contributed by atoms with Crippen LogP contribution in [0.3, 0.4) is 0 Å². The molecule has 24 heavy (non-hydrogen) atoms. The van der Waals surface area contributed by atoms with Crippen molar-refractivity contribution in [1.82, 2.24) is 4.90 Å². The zero-order valence-electron chi connectivity index (χ0n) is 14.0. The Morgan fingerprint density at radius 1 is 1.21 bits per heavy atom. The van der Waals surface area contributed by atoms with Gasteiger partial charge in [-0.15, -0.1) is 0 Å². The molecular weight excluding hydrogens is 303 g/mol. The normalized spacial score (nSPS) is 18.3. The van der Waals surface area contributed by atoms with Crippen LogP contribution in [0.15, 0.2) is 48.5 Å². The summed E-state index contributed by atoms with van der Waals surface area (Å²) >= 11 is 0. The van der Waals surface area contributed by atoms with E-state index in [-0.39, 0.29) is 17.6 Å². The number of nitrogens with zero attached hydrogens (tertiary/aromatic N) is 1. The van der Waals surface area contributed by atoms with E-state index in [9.17, 15) is 9.18 Å². The predicted octanol–water partition coefficient (Wildman–Crippen LogP) is 3.98. The van der Waals surface area contributed by atoms with Crippen molar-refractivity contribution in [3.63, 3.8) is 0 Å². The van der Waals surface area contributed by atoms with Crippen LogP contribution in [0.5, 0.6) is 0 Å². The van der Waals surface area contributed by atoms with E-state index < -0.39 is 0 Å². The highest BCUT2D eigenvalue weighted by Gasteiger charge is 2.26. The molecule has 2 aromatic rings. The molecular formula is C20H23FN2O. The summed E-state index contributed by atoms with van der Waals surface area (Å²) in [5.74, 6) is -0.293. The first kappa shape index (κ1) is 16.7. The highest BCUT2D eigenvalue weighted by Crippen LogP contribution is 2.21. The van der Waals surface area contributed by atoms with Crippen LogP contribution in [0.25, 0.3) is 0 Å². The van der Waals surface area contributed by atoms with Crippen LogP contribution in [0.2, 0.25) is 0 Å². The molecule has 1 fully saturated rings. The van der Waals surface area contributed by atoms with Crippen LogP contribution in [-0.4, -0.2) is 23.9 Å². The number of benzene rings is 2. The number of rotatable bonds is 4. The maximum atomic E-state index is 13.0. The van der Waals surface area contributed by atoms with Crippen LogP contribution < -0.4 is 5.32 Å². The maximum Gasteiger partial charge on any atom is 0.228 e. The number of piperidine rings is 1. The molecule has 1 aliphatic heterocycles. The summed E-state index contributed by atoms with van der Waals surface area (Å²) in [4.78, 5) is 14.8. The fraction of sp³-hybridized carbons (Fsp3) is 0.350. The Bertz CT molecular complexity index is 699. The minimum absolute atomic E-state index is 0.0205. The van der Waals surface area contributed by atoms with E-state index in [0.29, 0.717) is 5.69 Å². The number of likely N-dealkylation sites (tertiary alicyclic amines) is 1. The fourth-order valence-electron chi connectivity index (χ4n) is 3.22. The molecule has 0 spiro atoms. The van der Waals surface area contributed by atoms with Crippen LogP contribution in [0.4, 0.5) is 10.1 Å². The van der Waals surface area contributed by atoms with Gasteiger partial charge in [0.2, 0.25) is 5.91 Å². The van der Waals surface area contributed by atoms with Gasteiger partial charge in [-0.25, -0.2) is 4.39 Å². The van der Waals surface area contributed by atoms with Crippen LogP contribution in [0, 0.1) is 18.7 Å². The lowest BCUT2D eigenvalue weighted by atomic mass is 9.96. The smallest absolute Gasteiger partial charge is 0.228 e. The highest BCUT2D eigenvalue weighted by molar-refractivity contribution is 5.92. The van der Waals surface area contributed by atoms with Gasteiger partial charge in [-0.05, 0) is 61.7 Å². The lowest BCUT2D eigenvalue weighted by Crippen LogP contribution is -2.40. The predicted molar refractivity (Wildman–Crippen MR) is 94.2 cm³/mol. The molecule has 1 N–H and O–H groups in total. The summed E-state index contributed by atoms with van der Waals surface area (Å²) in [6.45, 7) is 4.79. The minimum atomic E-state index is -0.296. The number of carbonyl (C=O) groups excluding carboxylic acids is 1. The van der Waals surface area contributed by atoms with Crippen molar-refractivity contribution in [2.24, 2.45) is 5.92 Å². The van der Waals surface area contributed by atoms with Gasteiger partial charge in [0.1, 0.15) is 5.82 Å². The molecule has 1 amide bonds. The van der Waals surface area contributed by atoms with Gasteiger partial charge in [-0.3, -0.25) is 9.69 Å². The van der Waals surface area contributed by atoms with E-state index in [0.717, 1.165) is 32.5 Å². The number of aryl methyl sites for hydroxylation is 1. The lowest BCUT2D eigenvalue weighted by Gasteiger charge is -2.32. The number of amides is 1. The van der Waals surface area contributed by atoms with E-state index in [4.69, 9.17) is 0 Å². The van der Waals surface area contributed by atoms with E-state index >= 15 is 0 Å². The summed E-state index contributed by atoms with van der Waals surface area (Å²) in [6.07, 6.45) is 1.92. The van der Waals surface area contributed by atoms with Gasteiger partial charge in [-0.2, -0.15) is 0 Å². The van der Waals surface area contributed by atoms with Gasteiger partial charge in [0.05, 0.1) is 5.92 Å². The van der Waals surface area contributed by atoms with Crippen LogP contribution in [-0.2, 0) is 11.3 Å². The molecule has 3 nitrogen and oxygen atoms in total. The standard InChI is InChI=1S/C20H23FN2O/c1-15-5-2-3-6-16(15)13-23-12-4-7-17(14-23)20(24)22-19-10-8-18(21)9-11-19/h2-3,5-6,8-11,17H,4,7,12-14H2,1H3,(H,22,24). The molecule has 1 saturated heterocycles. The zero-order valence-corrected chi connectivity index (χ0v) is 14.0. The van der Waals surface area contributed by atoms with Crippen LogP contribution >= 0.6 is 0 Å². The summed E-state index contributed by atoms with van der Waals surface area (Å²) in [5.41, 5.74) is 3.25. The second-order valence-electron chi connectivity index (χ2n) is 6.50. The molecule has 0 aliphatic carbocycles. The van der Waals surface area contributed by atoms with Crippen molar-refractivity contribution in [3.05, 3.63) is 65.5 Å². The molecule has 2 aromatic carbocycles. The second-order valence-corrected chi connectivity index (χ2v) is 6.50. The molecule has 0 saturated carbocycles. The number of halogens is 1. The molecule has 1 atom stereocenters. The Morgan fingerprint density at radius 2 is 1.96 bits per heavy atom. The van der Waals surface area contributed by atoms with Crippen molar-refractivity contribution >= 4 is 11.6 Å². The Hall–Kier alpha value is -2.20. The Labute approximate surface area is 142 Å². The molecule has 1 unspecified atom stereocenters. The molecule has 0 radical (unpaired) electrons. The van der Waals surface area contributed by atoms with Crippen molar-refractivity contribution in [1.29, 1.82) is 0 Å². The zero-order chi connectivity index (χ0) is 16.9. The van der Waals surface area contributed by atoms with Gasteiger partial charge >= 0.3 is 0 Å². The SMILES string of the molecule is Cc1ccccc1CN1CCCC(C(=O)Nc2ccc(F)cc2)C1. The summed E-state index contributed by atoms with van der Waals surface area (Å²) in [6, 6.07) is 14.3.